The summed E-state index contributed by atoms with van der Waals surface area (Å²) in [6, 6.07) is 7.61. The van der Waals surface area contributed by atoms with Crippen LogP contribution in [-0.4, -0.2) is 48.2 Å². The molecule has 0 radical (unpaired) electrons. The van der Waals surface area contributed by atoms with Gasteiger partial charge >= 0.3 is 29.9 Å². The van der Waals surface area contributed by atoms with Crippen LogP contribution in [0.2, 0.25) is 0 Å². The molecule has 0 bridgehead atoms. The van der Waals surface area contributed by atoms with Crippen LogP contribution in [0.5, 0.6) is 0 Å². The molecule has 0 fully saturated rings. The van der Waals surface area contributed by atoms with Crippen molar-refractivity contribution in [1.82, 2.24) is 0 Å². The molecule has 0 aliphatic rings. The van der Waals surface area contributed by atoms with Gasteiger partial charge in [-0.1, -0.05) is 25.1 Å². The molecule has 0 aromatic heterocycles. The Hall–Kier alpha value is -2.30. The van der Waals surface area contributed by atoms with Crippen molar-refractivity contribution in [3.05, 3.63) is 35.9 Å². The maximum Gasteiger partial charge on any atom is 0.437 e. The summed E-state index contributed by atoms with van der Waals surface area (Å²) in [4.78, 5) is 22.8. The first-order chi connectivity index (χ1) is 11.8. The number of aliphatic hydroxyl groups is 1. The van der Waals surface area contributed by atoms with Gasteiger partial charge in [-0.25, -0.2) is 9.59 Å². The van der Waals surface area contributed by atoms with E-state index in [1.807, 2.05) is 0 Å². The van der Waals surface area contributed by atoms with Gasteiger partial charge in [-0.3, -0.25) is 0 Å². The number of rotatable bonds is 6. The third-order valence-corrected chi connectivity index (χ3v) is 3.12. The Bertz CT molecular complexity index is 612. The van der Waals surface area contributed by atoms with Gasteiger partial charge in [0.15, 0.2) is 0 Å². The van der Waals surface area contributed by atoms with Gasteiger partial charge in [-0.15, -0.1) is 0 Å². The van der Waals surface area contributed by atoms with E-state index in [1.54, 1.807) is 18.2 Å². The largest absolute Gasteiger partial charge is 0.463 e. The molecule has 1 N–H and O–H groups in total. The lowest BCUT2D eigenvalue weighted by atomic mass is 10.0. The van der Waals surface area contributed by atoms with Crippen molar-refractivity contribution in [1.29, 1.82) is 0 Å². The van der Waals surface area contributed by atoms with Gasteiger partial charge in [-0.05, 0) is 12.1 Å². The van der Waals surface area contributed by atoms with Crippen LogP contribution in [0.3, 0.4) is 0 Å². The SMILES string of the molecule is CC(COC(=O)c1ccccc1)COC(=O)C(O)(C(F)(F)F)C(F)(F)F. The molecular weight excluding hydrogens is 374 g/mol. The molecule has 26 heavy (non-hydrogen) atoms. The van der Waals surface area contributed by atoms with Gasteiger partial charge in [0.1, 0.15) is 0 Å². The first-order valence-electron chi connectivity index (χ1n) is 7.06. The average Bonchev–Trinajstić information content (AvgIpc) is 2.55. The van der Waals surface area contributed by atoms with Gasteiger partial charge in [0.05, 0.1) is 18.8 Å². The minimum absolute atomic E-state index is 0.181. The Kier molecular flexibility index (Phi) is 6.64. The molecule has 0 amide bonds. The highest BCUT2D eigenvalue weighted by molar-refractivity contribution is 5.89. The van der Waals surface area contributed by atoms with Crippen LogP contribution in [-0.2, 0) is 14.3 Å². The van der Waals surface area contributed by atoms with Crippen LogP contribution in [0.25, 0.3) is 0 Å². The van der Waals surface area contributed by atoms with E-state index in [1.165, 1.54) is 19.1 Å². The second-order valence-electron chi connectivity index (χ2n) is 5.37. The molecule has 146 valence electrons. The standard InChI is InChI=1S/C15H14F6O5/c1-9(7-25-11(22)10-5-3-2-4-6-10)8-26-12(23)13(24,14(16,17)18)15(19,20)21/h2-6,9,24H,7-8H2,1H3. The van der Waals surface area contributed by atoms with E-state index in [-0.39, 0.29) is 5.56 Å². The number of carbonyl (C=O) groups is 2. The fourth-order valence-electron chi connectivity index (χ4n) is 1.64. The third kappa shape index (κ3) is 4.87. The van der Waals surface area contributed by atoms with E-state index < -0.39 is 49.0 Å². The van der Waals surface area contributed by atoms with E-state index in [0.717, 1.165) is 0 Å². The molecule has 1 aromatic carbocycles. The summed E-state index contributed by atoms with van der Waals surface area (Å²) in [6.07, 6.45) is -12.6. The summed E-state index contributed by atoms with van der Waals surface area (Å²) in [5, 5.41) is 8.82. The molecule has 0 saturated carbocycles. The Balaban J connectivity index is 2.62. The number of alkyl halides is 6. The zero-order chi connectivity index (χ0) is 20.2. The second kappa shape index (κ2) is 7.94. The monoisotopic (exact) mass is 388 g/mol. The summed E-state index contributed by atoms with van der Waals surface area (Å²) in [5.41, 5.74) is -5.46. The Morgan fingerprint density at radius 1 is 0.962 bits per heavy atom. The number of carbonyl (C=O) groups excluding carboxylic acids is 2. The van der Waals surface area contributed by atoms with Crippen LogP contribution in [0.4, 0.5) is 26.3 Å². The summed E-state index contributed by atoms with van der Waals surface area (Å²) >= 11 is 0. The molecule has 5 nitrogen and oxygen atoms in total. The van der Waals surface area contributed by atoms with Crippen molar-refractivity contribution >= 4 is 11.9 Å². The molecule has 0 spiro atoms. The van der Waals surface area contributed by atoms with Crippen molar-refractivity contribution in [3.63, 3.8) is 0 Å². The number of halogens is 6. The highest BCUT2D eigenvalue weighted by Crippen LogP contribution is 2.43. The molecule has 1 unspecified atom stereocenters. The van der Waals surface area contributed by atoms with Gasteiger partial charge in [0.25, 0.3) is 0 Å². The molecule has 1 rings (SSSR count). The Labute approximate surface area is 143 Å². The zero-order valence-electron chi connectivity index (χ0n) is 13.2. The minimum Gasteiger partial charge on any atom is -0.463 e. The number of ether oxygens (including phenoxy) is 2. The van der Waals surface area contributed by atoms with E-state index in [4.69, 9.17) is 9.84 Å². The number of hydrogen-bond acceptors (Lipinski definition) is 5. The predicted molar refractivity (Wildman–Crippen MR) is 73.9 cm³/mol. The second-order valence-corrected chi connectivity index (χ2v) is 5.37. The van der Waals surface area contributed by atoms with Crippen molar-refractivity contribution in [2.75, 3.05) is 13.2 Å². The van der Waals surface area contributed by atoms with E-state index in [9.17, 15) is 35.9 Å². The summed E-state index contributed by atoms with van der Waals surface area (Å²) in [7, 11) is 0. The Morgan fingerprint density at radius 3 is 1.88 bits per heavy atom. The fourth-order valence-corrected chi connectivity index (χ4v) is 1.64. The van der Waals surface area contributed by atoms with Crippen LogP contribution in [0.15, 0.2) is 30.3 Å². The normalized spacial score (nSPS) is 13.8. The first kappa shape index (κ1) is 21.7. The Morgan fingerprint density at radius 2 is 1.42 bits per heavy atom. The van der Waals surface area contributed by atoms with E-state index in [0.29, 0.717) is 0 Å². The van der Waals surface area contributed by atoms with Gasteiger partial charge in [0, 0.05) is 5.92 Å². The lowest BCUT2D eigenvalue weighted by Crippen LogP contribution is -2.63. The molecule has 0 aliphatic heterocycles. The van der Waals surface area contributed by atoms with Crippen molar-refractivity contribution in [2.24, 2.45) is 5.92 Å². The number of esters is 2. The van der Waals surface area contributed by atoms with E-state index >= 15 is 0 Å². The fraction of sp³-hybridized carbons (Fsp3) is 0.467. The van der Waals surface area contributed by atoms with Gasteiger partial charge in [-0.2, -0.15) is 26.3 Å². The lowest BCUT2D eigenvalue weighted by Gasteiger charge is -2.30. The highest BCUT2D eigenvalue weighted by Gasteiger charge is 2.76. The molecule has 11 heteroatoms. The van der Waals surface area contributed by atoms with Crippen molar-refractivity contribution in [2.45, 2.75) is 24.9 Å². The van der Waals surface area contributed by atoms with Crippen LogP contribution >= 0.6 is 0 Å². The van der Waals surface area contributed by atoms with Crippen molar-refractivity contribution in [3.8, 4) is 0 Å². The summed E-state index contributed by atoms with van der Waals surface area (Å²) < 4.78 is 83.6. The first-order valence-corrected chi connectivity index (χ1v) is 7.06. The van der Waals surface area contributed by atoms with Crippen LogP contribution in [0, 0.1) is 5.92 Å². The topological polar surface area (TPSA) is 72.8 Å². The quantitative estimate of drug-likeness (QED) is 0.599. The average molecular weight is 388 g/mol. The minimum atomic E-state index is -6.31. The molecule has 1 aromatic rings. The predicted octanol–water partition coefficient (Wildman–Crippen LogP) is 2.88. The molecule has 0 aliphatic carbocycles. The smallest absolute Gasteiger partial charge is 0.437 e. The summed E-state index contributed by atoms with van der Waals surface area (Å²) in [5.74, 6) is -4.60. The molecule has 0 heterocycles. The van der Waals surface area contributed by atoms with E-state index in [2.05, 4.69) is 4.74 Å². The van der Waals surface area contributed by atoms with Crippen molar-refractivity contribution < 1.29 is 50.5 Å². The van der Waals surface area contributed by atoms with Crippen LogP contribution < -0.4 is 0 Å². The third-order valence-electron chi connectivity index (χ3n) is 3.12. The summed E-state index contributed by atoms with van der Waals surface area (Å²) in [6.45, 7) is -0.112. The highest BCUT2D eigenvalue weighted by atomic mass is 19.4. The maximum atomic E-state index is 12.5. The van der Waals surface area contributed by atoms with Crippen LogP contribution in [0.1, 0.15) is 17.3 Å². The zero-order valence-corrected chi connectivity index (χ0v) is 13.2. The number of benzene rings is 1. The lowest BCUT2D eigenvalue weighted by molar-refractivity contribution is -0.357. The molecular formula is C15H14F6O5. The van der Waals surface area contributed by atoms with Gasteiger partial charge < -0.3 is 14.6 Å². The molecule has 1 atom stereocenters. The molecule has 0 saturated heterocycles. The maximum absolute atomic E-state index is 12.5. The number of hydrogen-bond donors (Lipinski definition) is 1. The van der Waals surface area contributed by atoms with Gasteiger partial charge in [0.2, 0.25) is 0 Å².